The average molecular weight is 292 g/mol. The Morgan fingerprint density at radius 3 is 3.00 bits per heavy atom. The van der Waals surface area contributed by atoms with E-state index in [9.17, 15) is 4.79 Å². The number of hydrogen-bond acceptors (Lipinski definition) is 6. The SMILES string of the molecule is CCOC(=O)c1cc(N)cnc1N1CCCC1CN(C)C. The van der Waals surface area contributed by atoms with E-state index in [4.69, 9.17) is 10.5 Å². The highest BCUT2D eigenvalue weighted by Crippen LogP contribution is 2.28. The Kier molecular flexibility index (Phi) is 5.01. The number of aromatic nitrogens is 1. The van der Waals surface area contributed by atoms with Crippen molar-refractivity contribution in [1.82, 2.24) is 9.88 Å². The zero-order chi connectivity index (χ0) is 15.4. The van der Waals surface area contributed by atoms with Crippen molar-refractivity contribution >= 4 is 17.5 Å². The highest BCUT2D eigenvalue weighted by Gasteiger charge is 2.29. The number of esters is 1. The van der Waals surface area contributed by atoms with Gasteiger partial charge in [-0.1, -0.05) is 0 Å². The van der Waals surface area contributed by atoms with Gasteiger partial charge in [-0.15, -0.1) is 0 Å². The summed E-state index contributed by atoms with van der Waals surface area (Å²) in [6, 6.07) is 2.02. The minimum absolute atomic E-state index is 0.341. The molecule has 2 rings (SSSR count). The minimum atomic E-state index is -0.359. The van der Waals surface area contributed by atoms with Crippen LogP contribution < -0.4 is 10.6 Å². The van der Waals surface area contributed by atoms with Crippen LogP contribution in [0.5, 0.6) is 0 Å². The van der Waals surface area contributed by atoms with Gasteiger partial charge in [-0.3, -0.25) is 0 Å². The molecule has 1 unspecified atom stereocenters. The molecule has 1 aromatic rings. The van der Waals surface area contributed by atoms with E-state index in [1.807, 2.05) is 0 Å². The number of ether oxygens (including phenoxy) is 1. The lowest BCUT2D eigenvalue weighted by Gasteiger charge is -2.29. The molecule has 0 bridgehead atoms. The number of pyridine rings is 1. The largest absolute Gasteiger partial charge is 0.462 e. The first-order chi connectivity index (χ1) is 10.0. The fraction of sp³-hybridized carbons (Fsp3) is 0.600. The molecule has 1 aliphatic heterocycles. The van der Waals surface area contributed by atoms with E-state index in [2.05, 4.69) is 28.9 Å². The topological polar surface area (TPSA) is 71.7 Å². The molecule has 1 saturated heterocycles. The molecule has 21 heavy (non-hydrogen) atoms. The van der Waals surface area contributed by atoms with Crippen molar-refractivity contribution in [3.05, 3.63) is 17.8 Å². The summed E-state index contributed by atoms with van der Waals surface area (Å²) in [5, 5.41) is 0. The van der Waals surface area contributed by atoms with Gasteiger partial charge < -0.3 is 20.3 Å². The quantitative estimate of drug-likeness (QED) is 0.827. The first-order valence-electron chi connectivity index (χ1n) is 7.37. The first-order valence-corrected chi connectivity index (χ1v) is 7.37. The molecule has 1 fully saturated rings. The molecule has 0 aliphatic carbocycles. The number of carbonyl (C=O) groups excluding carboxylic acids is 1. The third-order valence-electron chi connectivity index (χ3n) is 3.61. The van der Waals surface area contributed by atoms with Crippen LogP contribution >= 0.6 is 0 Å². The van der Waals surface area contributed by atoms with Crippen molar-refractivity contribution in [3.8, 4) is 0 Å². The fourth-order valence-electron chi connectivity index (χ4n) is 2.79. The lowest BCUT2D eigenvalue weighted by atomic mass is 10.2. The number of nitrogen functional groups attached to an aromatic ring is 1. The number of likely N-dealkylation sites (N-methyl/N-ethyl adjacent to an activating group) is 1. The van der Waals surface area contributed by atoms with Crippen molar-refractivity contribution in [3.63, 3.8) is 0 Å². The number of rotatable bonds is 5. The van der Waals surface area contributed by atoms with Crippen LogP contribution in [0.2, 0.25) is 0 Å². The Balaban J connectivity index is 2.31. The Hall–Kier alpha value is -1.82. The summed E-state index contributed by atoms with van der Waals surface area (Å²) < 4.78 is 5.13. The summed E-state index contributed by atoms with van der Waals surface area (Å²) in [6.45, 7) is 3.98. The van der Waals surface area contributed by atoms with Gasteiger partial charge in [0.2, 0.25) is 0 Å². The zero-order valence-electron chi connectivity index (χ0n) is 13.0. The number of anilines is 2. The molecule has 0 spiro atoms. The van der Waals surface area contributed by atoms with Crippen molar-refractivity contribution in [1.29, 1.82) is 0 Å². The first kappa shape index (κ1) is 15.6. The maximum absolute atomic E-state index is 12.1. The lowest BCUT2D eigenvalue weighted by molar-refractivity contribution is 0.0526. The Morgan fingerprint density at radius 2 is 2.33 bits per heavy atom. The second-order valence-corrected chi connectivity index (χ2v) is 5.61. The highest BCUT2D eigenvalue weighted by atomic mass is 16.5. The van der Waals surface area contributed by atoms with Crippen molar-refractivity contribution in [2.45, 2.75) is 25.8 Å². The van der Waals surface area contributed by atoms with Crippen LogP contribution in [0, 0.1) is 0 Å². The summed E-state index contributed by atoms with van der Waals surface area (Å²) in [5.41, 5.74) is 6.72. The standard InChI is InChI=1S/C15H24N4O2/c1-4-21-15(20)13-8-11(16)9-17-14(13)19-7-5-6-12(19)10-18(2)3/h8-9,12H,4-7,10,16H2,1-3H3. The van der Waals surface area contributed by atoms with E-state index in [1.54, 1.807) is 19.2 Å². The molecule has 1 aromatic heterocycles. The molecule has 0 radical (unpaired) electrons. The summed E-state index contributed by atoms with van der Waals surface area (Å²) >= 11 is 0. The van der Waals surface area contributed by atoms with Gasteiger partial charge in [0, 0.05) is 19.1 Å². The highest BCUT2D eigenvalue weighted by molar-refractivity contribution is 5.95. The van der Waals surface area contributed by atoms with Gasteiger partial charge >= 0.3 is 5.97 Å². The fourth-order valence-corrected chi connectivity index (χ4v) is 2.79. The van der Waals surface area contributed by atoms with Crippen LogP contribution in [0.15, 0.2) is 12.3 Å². The molecule has 1 atom stereocenters. The predicted octanol–water partition coefficient (Wildman–Crippen LogP) is 1.37. The molecule has 6 heteroatoms. The van der Waals surface area contributed by atoms with E-state index in [0.717, 1.165) is 25.9 Å². The Bertz CT molecular complexity index is 504. The molecule has 0 amide bonds. The second kappa shape index (κ2) is 6.76. The van der Waals surface area contributed by atoms with Crippen LogP contribution in [0.3, 0.4) is 0 Å². The third kappa shape index (κ3) is 3.64. The molecular weight excluding hydrogens is 268 g/mol. The molecule has 0 aromatic carbocycles. The molecule has 1 aliphatic rings. The Morgan fingerprint density at radius 1 is 1.57 bits per heavy atom. The average Bonchev–Trinajstić information content (AvgIpc) is 2.86. The van der Waals surface area contributed by atoms with Crippen LogP contribution in [-0.2, 0) is 4.74 Å². The van der Waals surface area contributed by atoms with E-state index in [1.165, 1.54) is 0 Å². The van der Waals surface area contributed by atoms with Crippen molar-refractivity contribution in [2.75, 3.05) is 44.4 Å². The number of carbonyl (C=O) groups is 1. The smallest absolute Gasteiger partial charge is 0.341 e. The van der Waals surface area contributed by atoms with Crippen molar-refractivity contribution in [2.24, 2.45) is 0 Å². The van der Waals surface area contributed by atoms with Gasteiger partial charge in [0.1, 0.15) is 11.4 Å². The molecule has 2 heterocycles. The van der Waals surface area contributed by atoms with Gasteiger partial charge in [-0.25, -0.2) is 9.78 Å². The monoisotopic (exact) mass is 292 g/mol. The zero-order valence-corrected chi connectivity index (χ0v) is 13.0. The van der Waals surface area contributed by atoms with Gasteiger partial charge in [0.25, 0.3) is 0 Å². The van der Waals surface area contributed by atoms with Crippen LogP contribution in [0.25, 0.3) is 0 Å². The van der Waals surface area contributed by atoms with Crippen molar-refractivity contribution < 1.29 is 9.53 Å². The van der Waals surface area contributed by atoms with Gasteiger partial charge in [-0.2, -0.15) is 0 Å². The molecule has 6 nitrogen and oxygen atoms in total. The summed E-state index contributed by atoms with van der Waals surface area (Å²) in [6.07, 6.45) is 3.81. The second-order valence-electron chi connectivity index (χ2n) is 5.61. The third-order valence-corrected chi connectivity index (χ3v) is 3.61. The number of hydrogen-bond donors (Lipinski definition) is 1. The van der Waals surface area contributed by atoms with Crippen LogP contribution in [0.1, 0.15) is 30.1 Å². The van der Waals surface area contributed by atoms with Gasteiger partial charge in [0.15, 0.2) is 0 Å². The summed E-state index contributed by atoms with van der Waals surface area (Å²) in [4.78, 5) is 20.9. The number of nitrogens with two attached hydrogens (primary N) is 1. The molecule has 116 valence electrons. The number of nitrogens with zero attached hydrogens (tertiary/aromatic N) is 3. The van der Waals surface area contributed by atoms with E-state index < -0.39 is 0 Å². The lowest BCUT2D eigenvalue weighted by Crippen LogP contribution is -2.38. The normalized spacial score (nSPS) is 18.3. The maximum atomic E-state index is 12.1. The minimum Gasteiger partial charge on any atom is -0.462 e. The Labute approximate surface area is 125 Å². The summed E-state index contributed by atoms with van der Waals surface area (Å²) in [5.74, 6) is 0.329. The molecule has 2 N–H and O–H groups in total. The predicted molar refractivity (Wildman–Crippen MR) is 83.5 cm³/mol. The molecular formula is C15H24N4O2. The van der Waals surface area contributed by atoms with Gasteiger partial charge in [-0.05, 0) is 39.9 Å². The maximum Gasteiger partial charge on any atom is 0.341 e. The van der Waals surface area contributed by atoms with Crippen LogP contribution in [-0.4, -0.2) is 55.7 Å². The van der Waals surface area contributed by atoms with Gasteiger partial charge in [0.05, 0.1) is 18.5 Å². The summed E-state index contributed by atoms with van der Waals surface area (Å²) in [7, 11) is 4.11. The van der Waals surface area contributed by atoms with E-state index >= 15 is 0 Å². The van der Waals surface area contributed by atoms with E-state index in [0.29, 0.717) is 29.7 Å². The van der Waals surface area contributed by atoms with E-state index in [-0.39, 0.29) is 5.97 Å². The molecule has 0 saturated carbocycles. The van der Waals surface area contributed by atoms with Crippen LogP contribution in [0.4, 0.5) is 11.5 Å².